The van der Waals surface area contributed by atoms with E-state index in [0.29, 0.717) is 0 Å². The second kappa shape index (κ2) is 5.65. The van der Waals surface area contributed by atoms with E-state index in [2.05, 4.69) is 0 Å². The maximum atomic E-state index is 12.5. The van der Waals surface area contributed by atoms with Gasteiger partial charge in [0.25, 0.3) is 5.69 Å². The van der Waals surface area contributed by atoms with Crippen LogP contribution in [0.1, 0.15) is 31.8 Å². The van der Waals surface area contributed by atoms with Crippen LogP contribution in [0, 0.1) is 17.0 Å². The number of benzene rings is 2. The predicted molar refractivity (Wildman–Crippen MR) is 79.1 cm³/mol. The summed E-state index contributed by atoms with van der Waals surface area (Å²) < 4.78 is 0. The molecule has 7 nitrogen and oxygen atoms in total. The maximum absolute atomic E-state index is 12.5. The number of aromatic carboxylic acids is 1. The fraction of sp³-hybridized carbons (Fsp3) is 0.0667. The van der Waals surface area contributed by atoms with Gasteiger partial charge in [-0.2, -0.15) is 0 Å². The van der Waals surface area contributed by atoms with Crippen molar-refractivity contribution in [2.75, 3.05) is 5.73 Å². The molecule has 0 fully saturated rings. The van der Waals surface area contributed by atoms with Gasteiger partial charge in [-0.3, -0.25) is 14.9 Å². The number of nitro benzene ring substituents is 1. The normalized spacial score (nSPS) is 10.2. The number of nitrogens with zero attached hydrogens (tertiary/aromatic N) is 1. The Kier molecular flexibility index (Phi) is 3.89. The fourth-order valence-corrected chi connectivity index (χ4v) is 2.01. The highest BCUT2D eigenvalue weighted by Crippen LogP contribution is 2.29. The van der Waals surface area contributed by atoms with Gasteiger partial charge in [0.05, 0.1) is 16.2 Å². The predicted octanol–water partition coefficient (Wildman–Crippen LogP) is 2.41. The number of carboxylic acid groups (broad SMARTS) is 1. The van der Waals surface area contributed by atoms with Crippen LogP contribution in [0.25, 0.3) is 0 Å². The first-order valence-electron chi connectivity index (χ1n) is 6.24. The molecule has 0 unspecified atom stereocenters. The Morgan fingerprint density at radius 2 is 1.73 bits per heavy atom. The SMILES string of the molecule is Cc1ccc(C(=O)c2c(N)cc(C(=O)O)cc2[N+](=O)[O-])cc1. The van der Waals surface area contributed by atoms with Crippen molar-refractivity contribution in [1.82, 2.24) is 0 Å². The van der Waals surface area contributed by atoms with E-state index in [1.807, 2.05) is 6.92 Å². The van der Waals surface area contributed by atoms with Crippen LogP contribution < -0.4 is 5.73 Å². The second-order valence-electron chi connectivity index (χ2n) is 4.72. The summed E-state index contributed by atoms with van der Waals surface area (Å²) in [6.45, 7) is 1.84. The number of rotatable bonds is 4. The minimum atomic E-state index is -1.36. The van der Waals surface area contributed by atoms with Crippen molar-refractivity contribution in [2.45, 2.75) is 6.92 Å². The molecular weight excluding hydrogens is 288 g/mol. The van der Waals surface area contributed by atoms with Crippen molar-refractivity contribution in [2.24, 2.45) is 0 Å². The van der Waals surface area contributed by atoms with E-state index in [9.17, 15) is 19.7 Å². The first kappa shape index (κ1) is 15.2. The zero-order chi connectivity index (χ0) is 16.4. The highest BCUT2D eigenvalue weighted by atomic mass is 16.6. The summed E-state index contributed by atoms with van der Waals surface area (Å²) in [5, 5.41) is 20.1. The zero-order valence-corrected chi connectivity index (χ0v) is 11.6. The summed E-state index contributed by atoms with van der Waals surface area (Å²) in [7, 11) is 0. The number of carbonyl (C=O) groups is 2. The highest BCUT2D eigenvalue weighted by molar-refractivity contribution is 6.15. The van der Waals surface area contributed by atoms with E-state index >= 15 is 0 Å². The lowest BCUT2D eigenvalue weighted by molar-refractivity contribution is -0.385. The molecule has 0 aliphatic rings. The molecule has 2 aromatic carbocycles. The summed E-state index contributed by atoms with van der Waals surface area (Å²) in [6, 6.07) is 8.33. The lowest BCUT2D eigenvalue weighted by atomic mass is 9.97. The largest absolute Gasteiger partial charge is 0.478 e. The molecule has 0 heterocycles. The quantitative estimate of drug-likeness (QED) is 0.387. The van der Waals surface area contributed by atoms with Crippen LogP contribution in [-0.2, 0) is 0 Å². The molecular formula is C15H12N2O5. The van der Waals surface area contributed by atoms with Gasteiger partial charge >= 0.3 is 5.97 Å². The number of hydrogen-bond acceptors (Lipinski definition) is 5. The monoisotopic (exact) mass is 300 g/mol. The first-order chi connectivity index (χ1) is 10.3. The molecule has 7 heteroatoms. The van der Waals surface area contributed by atoms with Crippen molar-refractivity contribution in [3.63, 3.8) is 0 Å². The van der Waals surface area contributed by atoms with Crippen LogP contribution in [0.3, 0.4) is 0 Å². The summed E-state index contributed by atoms with van der Waals surface area (Å²) in [6.07, 6.45) is 0. The number of carbonyl (C=O) groups excluding carboxylic acids is 1. The summed E-state index contributed by atoms with van der Waals surface area (Å²) in [4.78, 5) is 33.7. The number of ketones is 1. The fourth-order valence-electron chi connectivity index (χ4n) is 2.01. The Morgan fingerprint density at radius 3 is 2.23 bits per heavy atom. The molecule has 0 atom stereocenters. The van der Waals surface area contributed by atoms with Gasteiger partial charge in [-0.05, 0) is 13.0 Å². The van der Waals surface area contributed by atoms with E-state index in [-0.39, 0.29) is 22.4 Å². The topological polar surface area (TPSA) is 124 Å². The lowest BCUT2D eigenvalue weighted by Gasteiger charge is -2.08. The molecule has 0 radical (unpaired) electrons. The minimum Gasteiger partial charge on any atom is -0.478 e. The van der Waals surface area contributed by atoms with Crippen molar-refractivity contribution in [3.8, 4) is 0 Å². The van der Waals surface area contributed by atoms with Gasteiger partial charge in [0.15, 0.2) is 0 Å². The van der Waals surface area contributed by atoms with Gasteiger partial charge in [-0.15, -0.1) is 0 Å². The summed E-state index contributed by atoms with van der Waals surface area (Å²) in [5.41, 5.74) is 5.34. The van der Waals surface area contributed by atoms with Gasteiger partial charge in [-0.25, -0.2) is 4.79 Å². The second-order valence-corrected chi connectivity index (χ2v) is 4.72. The third-order valence-electron chi connectivity index (χ3n) is 3.13. The average Bonchev–Trinajstić information content (AvgIpc) is 2.46. The molecule has 112 valence electrons. The third-order valence-corrected chi connectivity index (χ3v) is 3.13. The molecule has 2 rings (SSSR count). The minimum absolute atomic E-state index is 0.239. The molecule has 0 aromatic heterocycles. The number of aryl methyl sites for hydroxylation is 1. The molecule has 0 aliphatic carbocycles. The molecule has 0 spiro atoms. The highest BCUT2D eigenvalue weighted by Gasteiger charge is 2.26. The van der Waals surface area contributed by atoms with E-state index in [0.717, 1.165) is 17.7 Å². The standard InChI is InChI=1S/C15H12N2O5/c1-8-2-4-9(5-3-8)14(18)13-11(16)6-10(15(19)20)7-12(13)17(21)22/h2-7H,16H2,1H3,(H,19,20). The molecule has 0 bridgehead atoms. The molecule has 22 heavy (non-hydrogen) atoms. The number of nitro groups is 1. The van der Waals surface area contributed by atoms with E-state index in [1.54, 1.807) is 12.1 Å². The average molecular weight is 300 g/mol. The van der Waals surface area contributed by atoms with Crippen LogP contribution in [0.4, 0.5) is 11.4 Å². The lowest BCUT2D eigenvalue weighted by Crippen LogP contribution is -2.11. The molecule has 2 aromatic rings. The smallest absolute Gasteiger partial charge is 0.336 e. The van der Waals surface area contributed by atoms with Crippen molar-refractivity contribution < 1.29 is 19.6 Å². The van der Waals surface area contributed by atoms with Gasteiger partial charge < -0.3 is 10.8 Å². The Labute approximate surface area is 125 Å². The molecule has 0 aliphatic heterocycles. The Balaban J connectivity index is 2.63. The Bertz CT molecular complexity index is 781. The van der Waals surface area contributed by atoms with Crippen LogP contribution in [-0.4, -0.2) is 21.8 Å². The van der Waals surface area contributed by atoms with Gasteiger partial charge in [0.2, 0.25) is 5.78 Å². The number of carboxylic acids is 1. The maximum Gasteiger partial charge on any atom is 0.336 e. The zero-order valence-electron chi connectivity index (χ0n) is 11.6. The van der Waals surface area contributed by atoms with Crippen molar-refractivity contribution in [1.29, 1.82) is 0 Å². The van der Waals surface area contributed by atoms with E-state index < -0.39 is 22.4 Å². The molecule has 3 N–H and O–H groups in total. The van der Waals surface area contributed by atoms with Crippen molar-refractivity contribution >= 4 is 23.1 Å². The van der Waals surface area contributed by atoms with Gasteiger partial charge in [0.1, 0.15) is 5.56 Å². The van der Waals surface area contributed by atoms with E-state index in [4.69, 9.17) is 10.8 Å². The Morgan fingerprint density at radius 1 is 1.14 bits per heavy atom. The van der Waals surface area contributed by atoms with Crippen LogP contribution in [0.5, 0.6) is 0 Å². The van der Waals surface area contributed by atoms with Gasteiger partial charge in [0, 0.05) is 11.6 Å². The molecule has 0 amide bonds. The number of nitrogens with two attached hydrogens (primary N) is 1. The molecule has 0 saturated heterocycles. The Hall–Kier alpha value is -3.22. The van der Waals surface area contributed by atoms with Crippen LogP contribution >= 0.6 is 0 Å². The van der Waals surface area contributed by atoms with Crippen molar-refractivity contribution in [3.05, 3.63) is 68.8 Å². The number of hydrogen-bond donors (Lipinski definition) is 2. The first-order valence-corrected chi connectivity index (χ1v) is 6.24. The third kappa shape index (κ3) is 2.78. The van der Waals surface area contributed by atoms with Gasteiger partial charge in [-0.1, -0.05) is 29.8 Å². The van der Waals surface area contributed by atoms with Crippen LogP contribution in [0.15, 0.2) is 36.4 Å². The summed E-state index contributed by atoms with van der Waals surface area (Å²) in [5.74, 6) is -1.98. The van der Waals surface area contributed by atoms with Crippen LogP contribution in [0.2, 0.25) is 0 Å². The molecule has 0 saturated carbocycles. The van der Waals surface area contributed by atoms with E-state index in [1.165, 1.54) is 12.1 Å². The number of nitrogen functional groups attached to an aromatic ring is 1. The summed E-state index contributed by atoms with van der Waals surface area (Å²) >= 11 is 0. The number of anilines is 1.